The standard InChI is InChI=1S/C21H29ClN4O3S/c1-14-7-10-25(11-8-14)30(28,29)21-16(3)24-26(17(21)4)12-9-20(27)23-19-13-18(22)6-5-15(19)2/h5-6,13-14H,7-12H2,1-4H3,(H,23,27). The van der Waals surface area contributed by atoms with E-state index in [1.54, 1.807) is 35.0 Å². The molecule has 2 heterocycles. The van der Waals surface area contributed by atoms with Gasteiger partial charge in [-0.25, -0.2) is 8.42 Å². The zero-order chi connectivity index (χ0) is 22.1. The molecule has 0 bridgehead atoms. The lowest BCUT2D eigenvalue weighted by Crippen LogP contribution is -2.38. The number of piperidine rings is 1. The maximum Gasteiger partial charge on any atom is 0.246 e. The summed E-state index contributed by atoms with van der Waals surface area (Å²) in [5, 5.41) is 7.82. The molecule has 0 aliphatic carbocycles. The number of aryl methyl sites for hydroxylation is 3. The Kier molecular flexibility index (Phi) is 6.89. The van der Waals surface area contributed by atoms with Crippen LogP contribution in [-0.4, -0.2) is 41.5 Å². The normalized spacial score (nSPS) is 16.0. The van der Waals surface area contributed by atoms with E-state index in [-0.39, 0.29) is 17.2 Å². The summed E-state index contributed by atoms with van der Waals surface area (Å²) < 4.78 is 29.5. The molecular weight excluding hydrogens is 424 g/mol. The quantitative estimate of drug-likeness (QED) is 0.720. The second-order valence-electron chi connectivity index (χ2n) is 8.07. The third-order valence-corrected chi connectivity index (χ3v) is 8.07. The van der Waals surface area contributed by atoms with Gasteiger partial charge in [0.2, 0.25) is 15.9 Å². The molecule has 0 unspecified atom stereocenters. The van der Waals surface area contributed by atoms with Gasteiger partial charge in [0.25, 0.3) is 0 Å². The zero-order valence-corrected chi connectivity index (χ0v) is 19.5. The van der Waals surface area contributed by atoms with Crippen LogP contribution in [-0.2, 0) is 21.4 Å². The molecule has 2 aromatic rings. The van der Waals surface area contributed by atoms with Gasteiger partial charge >= 0.3 is 0 Å². The van der Waals surface area contributed by atoms with Crippen LogP contribution in [0.2, 0.25) is 5.02 Å². The highest BCUT2D eigenvalue weighted by Gasteiger charge is 2.33. The first-order valence-electron chi connectivity index (χ1n) is 10.2. The van der Waals surface area contributed by atoms with Crippen LogP contribution in [0, 0.1) is 26.7 Å². The first-order chi connectivity index (χ1) is 14.1. The predicted molar refractivity (Wildman–Crippen MR) is 118 cm³/mol. The molecule has 1 N–H and O–H groups in total. The lowest BCUT2D eigenvalue weighted by Gasteiger charge is -2.29. The average Bonchev–Trinajstić information content (AvgIpc) is 2.97. The maximum atomic E-state index is 13.2. The molecule has 1 aromatic heterocycles. The lowest BCUT2D eigenvalue weighted by atomic mass is 10.0. The monoisotopic (exact) mass is 452 g/mol. The molecule has 1 amide bonds. The second-order valence-corrected chi connectivity index (χ2v) is 10.4. The van der Waals surface area contributed by atoms with Gasteiger partial charge in [-0.05, 0) is 57.2 Å². The van der Waals surface area contributed by atoms with Crippen LogP contribution in [0.25, 0.3) is 0 Å². The molecule has 1 aliphatic heterocycles. The second kappa shape index (κ2) is 9.08. The van der Waals surface area contributed by atoms with Gasteiger partial charge in [0, 0.05) is 30.2 Å². The molecule has 1 aromatic carbocycles. The summed E-state index contributed by atoms with van der Waals surface area (Å²) in [6.45, 7) is 8.87. The lowest BCUT2D eigenvalue weighted by molar-refractivity contribution is -0.116. The number of anilines is 1. The van der Waals surface area contributed by atoms with Gasteiger partial charge in [-0.15, -0.1) is 0 Å². The minimum absolute atomic E-state index is 0.175. The van der Waals surface area contributed by atoms with Crippen LogP contribution < -0.4 is 5.32 Å². The van der Waals surface area contributed by atoms with E-state index < -0.39 is 10.0 Å². The Morgan fingerprint density at radius 2 is 1.90 bits per heavy atom. The van der Waals surface area contributed by atoms with Crippen molar-refractivity contribution >= 4 is 33.2 Å². The molecule has 0 atom stereocenters. The topological polar surface area (TPSA) is 84.3 Å². The first-order valence-corrected chi connectivity index (χ1v) is 12.0. The number of hydrogen-bond donors (Lipinski definition) is 1. The van der Waals surface area contributed by atoms with Gasteiger partial charge in [-0.3, -0.25) is 9.48 Å². The highest BCUT2D eigenvalue weighted by atomic mass is 35.5. The molecule has 164 valence electrons. The van der Waals surface area contributed by atoms with Crippen molar-refractivity contribution in [1.29, 1.82) is 0 Å². The summed E-state index contributed by atoms with van der Waals surface area (Å²) in [5.41, 5.74) is 2.63. The van der Waals surface area contributed by atoms with Crippen molar-refractivity contribution in [1.82, 2.24) is 14.1 Å². The smallest absolute Gasteiger partial charge is 0.246 e. The minimum atomic E-state index is -3.59. The van der Waals surface area contributed by atoms with Crippen LogP contribution in [0.1, 0.15) is 43.1 Å². The van der Waals surface area contributed by atoms with E-state index in [2.05, 4.69) is 17.3 Å². The van der Waals surface area contributed by atoms with Crippen molar-refractivity contribution in [3.05, 3.63) is 40.2 Å². The molecule has 1 aliphatic rings. The van der Waals surface area contributed by atoms with Crippen molar-refractivity contribution in [2.75, 3.05) is 18.4 Å². The number of rotatable bonds is 6. The summed E-state index contributed by atoms with van der Waals surface area (Å²) >= 11 is 6.00. The molecule has 7 nitrogen and oxygen atoms in total. The van der Waals surface area contributed by atoms with E-state index in [1.165, 1.54) is 0 Å². The third-order valence-electron chi connectivity index (χ3n) is 5.68. The molecule has 1 fully saturated rings. The molecular formula is C21H29ClN4O3S. The van der Waals surface area contributed by atoms with E-state index in [9.17, 15) is 13.2 Å². The maximum absolute atomic E-state index is 13.2. The van der Waals surface area contributed by atoms with Crippen molar-refractivity contribution in [2.24, 2.45) is 5.92 Å². The van der Waals surface area contributed by atoms with Crippen LogP contribution in [0.3, 0.4) is 0 Å². The van der Waals surface area contributed by atoms with Gasteiger partial charge in [0.05, 0.1) is 17.9 Å². The molecule has 0 spiro atoms. The van der Waals surface area contributed by atoms with Crippen LogP contribution in [0.5, 0.6) is 0 Å². The number of nitrogens with zero attached hydrogens (tertiary/aromatic N) is 3. The highest BCUT2D eigenvalue weighted by Crippen LogP contribution is 2.28. The first kappa shape index (κ1) is 22.8. The summed E-state index contributed by atoms with van der Waals surface area (Å²) in [5.74, 6) is 0.366. The summed E-state index contributed by atoms with van der Waals surface area (Å²) in [6, 6.07) is 5.33. The highest BCUT2D eigenvalue weighted by molar-refractivity contribution is 7.89. The Labute approximate surface area is 183 Å². The van der Waals surface area contributed by atoms with E-state index in [0.717, 1.165) is 18.4 Å². The van der Waals surface area contributed by atoms with Gasteiger partial charge < -0.3 is 5.32 Å². The number of amides is 1. The fourth-order valence-corrected chi connectivity index (χ4v) is 5.79. The molecule has 1 saturated heterocycles. The number of sulfonamides is 1. The van der Waals surface area contributed by atoms with Gasteiger partial charge in [-0.2, -0.15) is 9.40 Å². The van der Waals surface area contributed by atoms with E-state index in [0.29, 0.717) is 47.7 Å². The van der Waals surface area contributed by atoms with Crippen LogP contribution in [0.4, 0.5) is 5.69 Å². The Morgan fingerprint density at radius 1 is 1.23 bits per heavy atom. The number of halogens is 1. The predicted octanol–water partition coefficient (Wildman–Crippen LogP) is 3.91. The minimum Gasteiger partial charge on any atom is -0.326 e. The van der Waals surface area contributed by atoms with Gasteiger partial charge in [-0.1, -0.05) is 24.6 Å². The number of benzene rings is 1. The van der Waals surface area contributed by atoms with Crippen LogP contribution in [0.15, 0.2) is 23.1 Å². The average molecular weight is 453 g/mol. The number of carbonyl (C=O) groups excluding carboxylic acids is 1. The SMILES string of the molecule is Cc1ccc(Cl)cc1NC(=O)CCn1nc(C)c(S(=O)(=O)N2CCC(C)CC2)c1C. The summed E-state index contributed by atoms with van der Waals surface area (Å²) in [6.07, 6.45) is 1.91. The number of aromatic nitrogens is 2. The number of carbonyl (C=O) groups is 1. The summed E-state index contributed by atoms with van der Waals surface area (Å²) in [4.78, 5) is 12.7. The number of nitrogens with one attached hydrogen (secondary N) is 1. The van der Waals surface area contributed by atoms with E-state index >= 15 is 0 Å². The van der Waals surface area contributed by atoms with Crippen molar-refractivity contribution in [3.63, 3.8) is 0 Å². The van der Waals surface area contributed by atoms with Crippen LogP contribution >= 0.6 is 11.6 Å². The molecule has 0 radical (unpaired) electrons. The largest absolute Gasteiger partial charge is 0.326 e. The van der Waals surface area contributed by atoms with Crippen molar-refractivity contribution in [2.45, 2.75) is 58.4 Å². The Morgan fingerprint density at radius 3 is 2.57 bits per heavy atom. The molecule has 9 heteroatoms. The fourth-order valence-electron chi connectivity index (χ4n) is 3.77. The van der Waals surface area contributed by atoms with Gasteiger partial charge in [0.15, 0.2) is 0 Å². The molecule has 30 heavy (non-hydrogen) atoms. The van der Waals surface area contributed by atoms with Gasteiger partial charge in [0.1, 0.15) is 4.90 Å². The summed E-state index contributed by atoms with van der Waals surface area (Å²) in [7, 11) is -3.59. The fraction of sp³-hybridized carbons (Fsp3) is 0.524. The van der Waals surface area contributed by atoms with Crippen molar-refractivity contribution < 1.29 is 13.2 Å². The Bertz CT molecular complexity index is 1040. The Hall–Kier alpha value is -1.90. The molecule has 0 saturated carbocycles. The third kappa shape index (κ3) is 4.87. The van der Waals surface area contributed by atoms with E-state index in [4.69, 9.17) is 11.6 Å². The van der Waals surface area contributed by atoms with Crippen molar-refractivity contribution in [3.8, 4) is 0 Å². The molecule has 3 rings (SSSR count). The number of hydrogen-bond acceptors (Lipinski definition) is 4. The Balaban J connectivity index is 1.71. The van der Waals surface area contributed by atoms with E-state index in [1.807, 2.05) is 13.0 Å². The zero-order valence-electron chi connectivity index (χ0n) is 17.9.